The molecule has 0 aromatic carbocycles. The van der Waals surface area contributed by atoms with Gasteiger partial charge in [-0.25, -0.2) is 18.5 Å². The van der Waals surface area contributed by atoms with Crippen molar-refractivity contribution in [3.63, 3.8) is 0 Å². The van der Waals surface area contributed by atoms with Crippen LogP contribution in [0.4, 0.5) is 0 Å². The fraction of sp³-hybridized carbons (Fsp3) is 0.375. The molecule has 7 heteroatoms. The molecule has 0 unspecified atom stereocenters. The van der Waals surface area contributed by atoms with Crippen molar-refractivity contribution in [1.29, 1.82) is 0 Å². The number of hydrogen-bond acceptors (Lipinski definition) is 4. The molecule has 82 valence electrons. The molecule has 2 rings (SSSR count). The predicted octanol–water partition coefficient (Wildman–Crippen LogP) is 0.875. The minimum Gasteiger partial charge on any atom is -0.489 e. The number of primary sulfonamides is 1. The fourth-order valence-electron chi connectivity index (χ4n) is 1.07. The molecule has 0 spiro atoms. The van der Waals surface area contributed by atoms with Gasteiger partial charge in [0.15, 0.2) is 0 Å². The lowest BCUT2D eigenvalue weighted by atomic mass is 10.4. The number of nitrogens with zero attached hydrogens (tertiary/aromatic N) is 1. The summed E-state index contributed by atoms with van der Waals surface area (Å²) in [4.78, 5) is 3.83. The zero-order valence-corrected chi connectivity index (χ0v) is 10.7. The van der Waals surface area contributed by atoms with Crippen LogP contribution in [0, 0.1) is 3.70 Å². The third-order valence-corrected chi connectivity index (χ3v) is 3.43. The van der Waals surface area contributed by atoms with Gasteiger partial charge < -0.3 is 4.74 Å². The van der Waals surface area contributed by atoms with Gasteiger partial charge >= 0.3 is 0 Å². The van der Waals surface area contributed by atoms with Crippen molar-refractivity contribution in [2.24, 2.45) is 5.14 Å². The Morgan fingerprint density at radius 3 is 2.73 bits per heavy atom. The van der Waals surface area contributed by atoms with Crippen LogP contribution < -0.4 is 9.88 Å². The zero-order chi connectivity index (χ0) is 11.1. The van der Waals surface area contributed by atoms with Gasteiger partial charge in [-0.1, -0.05) is 0 Å². The number of aromatic nitrogens is 1. The van der Waals surface area contributed by atoms with Gasteiger partial charge in [-0.05, 0) is 35.4 Å². The monoisotopic (exact) mass is 340 g/mol. The van der Waals surface area contributed by atoms with Crippen molar-refractivity contribution in [1.82, 2.24) is 4.98 Å². The van der Waals surface area contributed by atoms with E-state index in [-0.39, 0.29) is 11.0 Å². The summed E-state index contributed by atoms with van der Waals surface area (Å²) in [5.41, 5.74) is 0. The molecule has 1 aromatic rings. The van der Waals surface area contributed by atoms with Crippen molar-refractivity contribution < 1.29 is 13.2 Å². The Kier molecular flexibility index (Phi) is 2.86. The Morgan fingerprint density at radius 1 is 1.53 bits per heavy atom. The van der Waals surface area contributed by atoms with Crippen LogP contribution in [0.1, 0.15) is 12.8 Å². The SMILES string of the molecule is NS(=O)(=O)c1cnc(I)cc1OC1CC1. The van der Waals surface area contributed by atoms with Gasteiger partial charge in [0.25, 0.3) is 0 Å². The first kappa shape index (κ1) is 11.1. The highest BCUT2D eigenvalue weighted by Gasteiger charge is 2.26. The van der Waals surface area contributed by atoms with E-state index < -0.39 is 10.0 Å². The Morgan fingerprint density at radius 2 is 2.20 bits per heavy atom. The molecule has 0 bridgehead atoms. The average molecular weight is 340 g/mol. The molecular weight excluding hydrogens is 331 g/mol. The minimum atomic E-state index is -3.76. The third kappa shape index (κ3) is 2.79. The molecule has 0 atom stereocenters. The predicted molar refractivity (Wildman–Crippen MR) is 62.0 cm³/mol. The number of ether oxygens (including phenoxy) is 1. The maximum absolute atomic E-state index is 11.2. The second-order valence-electron chi connectivity index (χ2n) is 3.32. The van der Waals surface area contributed by atoms with E-state index in [4.69, 9.17) is 9.88 Å². The van der Waals surface area contributed by atoms with E-state index in [1.165, 1.54) is 6.20 Å². The molecular formula is C8H9IN2O3S. The Balaban J connectivity index is 2.43. The van der Waals surface area contributed by atoms with Crippen LogP contribution in [-0.4, -0.2) is 19.5 Å². The summed E-state index contributed by atoms with van der Waals surface area (Å²) in [5.74, 6) is 0.305. The van der Waals surface area contributed by atoms with Crippen LogP contribution in [0.5, 0.6) is 5.75 Å². The highest BCUT2D eigenvalue weighted by Crippen LogP contribution is 2.31. The van der Waals surface area contributed by atoms with Crippen LogP contribution in [0.3, 0.4) is 0 Å². The van der Waals surface area contributed by atoms with Crippen LogP contribution in [0.15, 0.2) is 17.2 Å². The molecule has 1 aromatic heterocycles. The summed E-state index contributed by atoms with van der Waals surface area (Å²) in [5, 5.41) is 5.05. The summed E-state index contributed by atoms with van der Waals surface area (Å²) >= 11 is 1.99. The van der Waals surface area contributed by atoms with E-state index in [1.54, 1.807) is 6.07 Å². The second-order valence-corrected chi connectivity index (χ2v) is 5.95. The molecule has 1 aliphatic carbocycles. The quantitative estimate of drug-likeness (QED) is 0.654. The number of pyridine rings is 1. The van der Waals surface area contributed by atoms with Gasteiger partial charge in [0, 0.05) is 6.07 Å². The maximum Gasteiger partial charge on any atom is 0.243 e. The van der Waals surface area contributed by atoms with Crippen LogP contribution in [-0.2, 0) is 10.0 Å². The van der Waals surface area contributed by atoms with E-state index >= 15 is 0 Å². The van der Waals surface area contributed by atoms with Crippen molar-refractivity contribution in [3.8, 4) is 5.75 Å². The molecule has 1 heterocycles. The number of halogens is 1. The highest BCUT2D eigenvalue weighted by atomic mass is 127. The Bertz CT molecular complexity index is 485. The largest absolute Gasteiger partial charge is 0.489 e. The van der Waals surface area contributed by atoms with E-state index in [0.717, 1.165) is 12.8 Å². The van der Waals surface area contributed by atoms with E-state index in [2.05, 4.69) is 4.98 Å². The number of nitrogens with two attached hydrogens (primary N) is 1. The average Bonchev–Trinajstić information content (AvgIpc) is 2.85. The lowest BCUT2D eigenvalue weighted by Crippen LogP contribution is -2.15. The van der Waals surface area contributed by atoms with Crippen LogP contribution in [0.25, 0.3) is 0 Å². The smallest absolute Gasteiger partial charge is 0.243 e. The normalized spacial score (nSPS) is 16.4. The second kappa shape index (κ2) is 3.87. The van der Waals surface area contributed by atoms with Gasteiger partial charge in [-0.3, -0.25) is 0 Å². The van der Waals surface area contributed by atoms with E-state index in [0.29, 0.717) is 9.45 Å². The van der Waals surface area contributed by atoms with Gasteiger partial charge in [0.1, 0.15) is 14.3 Å². The molecule has 5 nitrogen and oxygen atoms in total. The summed E-state index contributed by atoms with van der Waals surface area (Å²) in [7, 11) is -3.76. The van der Waals surface area contributed by atoms with Crippen LogP contribution >= 0.6 is 22.6 Å². The minimum absolute atomic E-state index is 0.0465. The molecule has 0 amide bonds. The number of sulfonamides is 1. The number of rotatable bonds is 3. The van der Waals surface area contributed by atoms with Gasteiger partial charge in [-0.2, -0.15) is 0 Å². The lowest BCUT2D eigenvalue weighted by molar-refractivity contribution is 0.294. The van der Waals surface area contributed by atoms with E-state index in [9.17, 15) is 8.42 Å². The highest BCUT2D eigenvalue weighted by molar-refractivity contribution is 14.1. The van der Waals surface area contributed by atoms with Crippen molar-refractivity contribution in [2.75, 3.05) is 0 Å². The maximum atomic E-state index is 11.2. The summed E-state index contributed by atoms with van der Waals surface area (Å²) < 4.78 is 28.6. The van der Waals surface area contributed by atoms with E-state index in [1.807, 2.05) is 22.6 Å². The summed E-state index contributed by atoms with van der Waals surface area (Å²) in [6, 6.07) is 1.58. The molecule has 15 heavy (non-hydrogen) atoms. The van der Waals surface area contributed by atoms with Crippen LogP contribution in [0.2, 0.25) is 0 Å². The first-order valence-corrected chi connectivity index (χ1v) is 6.94. The molecule has 0 saturated heterocycles. The van der Waals surface area contributed by atoms with Crippen molar-refractivity contribution >= 4 is 32.6 Å². The third-order valence-electron chi connectivity index (χ3n) is 1.92. The summed E-state index contributed by atoms with van der Waals surface area (Å²) in [6.45, 7) is 0. The summed E-state index contributed by atoms with van der Waals surface area (Å²) in [6.07, 6.45) is 3.28. The lowest BCUT2D eigenvalue weighted by Gasteiger charge is -2.08. The molecule has 0 aliphatic heterocycles. The number of hydrogen-bond donors (Lipinski definition) is 1. The Labute approximate surface area is 101 Å². The van der Waals surface area contributed by atoms with Gasteiger partial charge in [0.2, 0.25) is 10.0 Å². The first-order valence-electron chi connectivity index (χ1n) is 4.32. The molecule has 2 N–H and O–H groups in total. The van der Waals surface area contributed by atoms with Crippen molar-refractivity contribution in [3.05, 3.63) is 16.0 Å². The van der Waals surface area contributed by atoms with Gasteiger partial charge in [0.05, 0.1) is 12.3 Å². The fourth-order valence-corrected chi connectivity index (χ4v) is 2.08. The molecule has 1 aliphatic rings. The first-order chi connectivity index (χ1) is 6.97. The molecule has 1 fully saturated rings. The molecule has 1 saturated carbocycles. The molecule has 0 radical (unpaired) electrons. The van der Waals surface area contributed by atoms with Crippen molar-refractivity contribution in [2.45, 2.75) is 23.8 Å². The zero-order valence-electron chi connectivity index (χ0n) is 7.68. The standard InChI is InChI=1S/C8H9IN2O3S/c9-8-3-6(14-5-1-2-5)7(4-11-8)15(10,12)13/h3-5H,1-2H2,(H2,10,12,13). The van der Waals surface area contributed by atoms with Gasteiger partial charge in [-0.15, -0.1) is 0 Å². The Hall–Kier alpha value is -0.410. The topological polar surface area (TPSA) is 82.3 Å².